The number of ketones is 1. The van der Waals surface area contributed by atoms with E-state index in [2.05, 4.69) is 4.98 Å². The van der Waals surface area contributed by atoms with Gasteiger partial charge in [0.2, 0.25) is 0 Å². The molecule has 0 unspecified atom stereocenters. The number of carbonyl (C=O) groups excluding carboxylic acids is 1. The van der Waals surface area contributed by atoms with Crippen LogP contribution in [0.1, 0.15) is 54.0 Å². The first-order valence-corrected chi connectivity index (χ1v) is 5.61. The van der Waals surface area contributed by atoms with Crippen molar-refractivity contribution in [3.8, 4) is 0 Å². The molecule has 13 heavy (non-hydrogen) atoms. The number of thiazole rings is 1. The molecule has 1 aromatic rings. The third kappa shape index (κ3) is 1.80. The van der Waals surface area contributed by atoms with Gasteiger partial charge in [-0.1, -0.05) is 12.8 Å². The van der Waals surface area contributed by atoms with Crippen molar-refractivity contribution in [3.05, 3.63) is 16.1 Å². The van der Waals surface area contributed by atoms with Crippen molar-refractivity contribution in [2.24, 2.45) is 0 Å². The number of hydrogen-bond donors (Lipinski definition) is 0. The second-order valence-electron chi connectivity index (χ2n) is 3.61. The molecule has 1 aliphatic rings. The summed E-state index contributed by atoms with van der Waals surface area (Å²) in [7, 11) is 0. The Hall–Kier alpha value is -0.700. The van der Waals surface area contributed by atoms with E-state index in [1.807, 2.05) is 5.38 Å². The minimum atomic E-state index is 0.0838. The molecule has 0 bridgehead atoms. The molecule has 0 radical (unpaired) electrons. The summed E-state index contributed by atoms with van der Waals surface area (Å²) in [4.78, 5) is 15.4. The molecule has 1 heterocycles. The van der Waals surface area contributed by atoms with Gasteiger partial charge in [-0.05, 0) is 12.8 Å². The Labute approximate surface area is 82.0 Å². The number of nitrogens with zero attached hydrogens (tertiary/aromatic N) is 1. The van der Waals surface area contributed by atoms with Crippen molar-refractivity contribution < 1.29 is 4.79 Å². The largest absolute Gasteiger partial charge is 0.293 e. The van der Waals surface area contributed by atoms with Gasteiger partial charge in [0.05, 0.1) is 5.01 Å². The Morgan fingerprint density at radius 1 is 1.54 bits per heavy atom. The first-order valence-electron chi connectivity index (χ1n) is 4.74. The summed E-state index contributed by atoms with van der Waals surface area (Å²) < 4.78 is 0. The van der Waals surface area contributed by atoms with Gasteiger partial charge in [-0.2, -0.15) is 0 Å². The maximum absolute atomic E-state index is 11.0. The minimum Gasteiger partial charge on any atom is -0.293 e. The zero-order chi connectivity index (χ0) is 9.26. The predicted molar refractivity (Wildman–Crippen MR) is 53.3 cm³/mol. The van der Waals surface area contributed by atoms with E-state index in [0.717, 1.165) is 0 Å². The fourth-order valence-corrected chi connectivity index (χ4v) is 2.84. The van der Waals surface area contributed by atoms with Crippen LogP contribution in [-0.2, 0) is 0 Å². The molecule has 0 amide bonds. The van der Waals surface area contributed by atoms with Gasteiger partial charge in [-0.3, -0.25) is 4.79 Å². The molecule has 0 spiro atoms. The molecule has 3 heteroatoms. The molecule has 0 N–H and O–H groups in total. The fraction of sp³-hybridized carbons (Fsp3) is 0.600. The van der Waals surface area contributed by atoms with Gasteiger partial charge in [-0.15, -0.1) is 11.3 Å². The Kier molecular flexibility index (Phi) is 2.44. The van der Waals surface area contributed by atoms with E-state index in [1.54, 1.807) is 18.3 Å². The highest BCUT2D eigenvalue weighted by Gasteiger charge is 2.20. The quantitative estimate of drug-likeness (QED) is 0.679. The number of carbonyl (C=O) groups is 1. The lowest BCUT2D eigenvalue weighted by molar-refractivity contribution is 0.101. The Morgan fingerprint density at radius 3 is 2.77 bits per heavy atom. The fourth-order valence-electron chi connectivity index (χ4n) is 1.81. The first-order chi connectivity index (χ1) is 6.27. The van der Waals surface area contributed by atoms with E-state index in [0.29, 0.717) is 11.6 Å². The van der Waals surface area contributed by atoms with Gasteiger partial charge in [-0.25, -0.2) is 4.98 Å². The molecule has 1 aromatic heterocycles. The molecule has 2 nitrogen and oxygen atoms in total. The molecular formula is C10H13NOS. The van der Waals surface area contributed by atoms with Crippen LogP contribution >= 0.6 is 11.3 Å². The molecule has 0 saturated heterocycles. The zero-order valence-electron chi connectivity index (χ0n) is 7.75. The van der Waals surface area contributed by atoms with E-state index in [-0.39, 0.29) is 5.78 Å². The molecule has 2 rings (SSSR count). The highest BCUT2D eigenvalue weighted by Crippen LogP contribution is 2.35. The molecule has 0 aromatic carbocycles. The molecule has 1 aliphatic carbocycles. The summed E-state index contributed by atoms with van der Waals surface area (Å²) in [5, 5.41) is 3.05. The molecule has 0 aliphatic heterocycles. The van der Waals surface area contributed by atoms with Crippen molar-refractivity contribution >= 4 is 17.1 Å². The van der Waals surface area contributed by atoms with Gasteiger partial charge in [0.15, 0.2) is 5.78 Å². The number of aromatic nitrogens is 1. The summed E-state index contributed by atoms with van der Waals surface area (Å²) in [6, 6.07) is 0. The van der Waals surface area contributed by atoms with Gasteiger partial charge >= 0.3 is 0 Å². The zero-order valence-corrected chi connectivity index (χ0v) is 8.56. The molecule has 1 saturated carbocycles. The van der Waals surface area contributed by atoms with Gasteiger partial charge < -0.3 is 0 Å². The van der Waals surface area contributed by atoms with E-state index >= 15 is 0 Å². The Balaban J connectivity index is 2.16. The topological polar surface area (TPSA) is 30.0 Å². The summed E-state index contributed by atoms with van der Waals surface area (Å²) >= 11 is 1.64. The van der Waals surface area contributed by atoms with Crippen LogP contribution in [0.25, 0.3) is 0 Å². The monoisotopic (exact) mass is 195 g/mol. The SMILES string of the molecule is CC(=O)c1csc(C2CCCC2)n1. The van der Waals surface area contributed by atoms with Gasteiger partial charge in [0.1, 0.15) is 5.69 Å². The molecule has 70 valence electrons. The number of Topliss-reactive ketones (excluding diaryl/α,β-unsaturated/α-hetero) is 1. The number of hydrogen-bond acceptors (Lipinski definition) is 3. The third-order valence-electron chi connectivity index (χ3n) is 2.59. The van der Waals surface area contributed by atoms with E-state index in [9.17, 15) is 4.79 Å². The van der Waals surface area contributed by atoms with E-state index < -0.39 is 0 Å². The Morgan fingerprint density at radius 2 is 2.23 bits per heavy atom. The summed E-state index contributed by atoms with van der Waals surface area (Å²) in [5.74, 6) is 0.721. The van der Waals surface area contributed by atoms with Crippen molar-refractivity contribution in [2.45, 2.75) is 38.5 Å². The van der Waals surface area contributed by atoms with Crippen molar-refractivity contribution in [1.82, 2.24) is 4.98 Å². The maximum atomic E-state index is 11.0. The predicted octanol–water partition coefficient (Wildman–Crippen LogP) is 3.00. The lowest BCUT2D eigenvalue weighted by Crippen LogP contribution is -1.95. The molecular weight excluding hydrogens is 182 g/mol. The molecule has 1 fully saturated rings. The second kappa shape index (κ2) is 3.58. The third-order valence-corrected chi connectivity index (χ3v) is 3.59. The molecule has 0 atom stereocenters. The highest BCUT2D eigenvalue weighted by atomic mass is 32.1. The van der Waals surface area contributed by atoms with Crippen LogP contribution in [-0.4, -0.2) is 10.8 Å². The maximum Gasteiger partial charge on any atom is 0.178 e. The lowest BCUT2D eigenvalue weighted by atomic mass is 10.1. The standard InChI is InChI=1S/C10H13NOS/c1-7(12)9-6-13-10(11-9)8-4-2-3-5-8/h6,8H,2-5H2,1H3. The average molecular weight is 195 g/mol. The highest BCUT2D eigenvalue weighted by molar-refractivity contribution is 7.09. The second-order valence-corrected chi connectivity index (χ2v) is 4.50. The van der Waals surface area contributed by atoms with Gasteiger partial charge in [0, 0.05) is 18.2 Å². The summed E-state index contributed by atoms with van der Waals surface area (Å²) in [6.07, 6.45) is 5.15. The first kappa shape index (κ1) is 8.88. The number of rotatable bonds is 2. The lowest BCUT2D eigenvalue weighted by Gasteiger charge is -2.01. The van der Waals surface area contributed by atoms with Crippen molar-refractivity contribution in [1.29, 1.82) is 0 Å². The van der Waals surface area contributed by atoms with Crippen LogP contribution < -0.4 is 0 Å². The van der Waals surface area contributed by atoms with Crippen LogP contribution in [0.5, 0.6) is 0 Å². The summed E-state index contributed by atoms with van der Waals surface area (Å²) in [5.41, 5.74) is 0.645. The van der Waals surface area contributed by atoms with Crippen LogP contribution in [0.4, 0.5) is 0 Å². The average Bonchev–Trinajstić information content (AvgIpc) is 2.75. The van der Waals surface area contributed by atoms with Crippen molar-refractivity contribution in [2.75, 3.05) is 0 Å². The van der Waals surface area contributed by atoms with Crippen LogP contribution in [0, 0.1) is 0 Å². The minimum absolute atomic E-state index is 0.0838. The normalized spacial score (nSPS) is 17.9. The van der Waals surface area contributed by atoms with E-state index in [1.165, 1.54) is 30.7 Å². The van der Waals surface area contributed by atoms with Crippen LogP contribution in [0.3, 0.4) is 0 Å². The smallest absolute Gasteiger partial charge is 0.178 e. The Bertz CT molecular complexity index is 312. The van der Waals surface area contributed by atoms with E-state index in [4.69, 9.17) is 0 Å². The van der Waals surface area contributed by atoms with Crippen LogP contribution in [0.15, 0.2) is 5.38 Å². The van der Waals surface area contributed by atoms with Crippen LogP contribution in [0.2, 0.25) is 0 Å². The van der Waals surface area contributed by atoms with Crippen molar-refractivity contribution in [3.63, 3.8) is 0 Å². The van der Waals surface area contributed by atoms with Gasteiger partial charge in [0.25, 0.3) is 0 Å². The summed E-state index contributed by atoms with van der Waals surface area (Å²) in [6.45, 7) is 1.58.